The van der Waals surface area contributed by atoms with E-state index < -0.39 is 17.9 Å². The lowest BCUT2D eigenvalue weighted by molar-refractivity contribution is -0.139. The van der Waals surface area contributed by atoms with E-state index in [1.54, 1.807) is 68.4 Å². The first-order valence-corrected chi connectivity index (χ1v) is 14.1. The molecular weight excluding hydrogens is 599 g/mol. The molecule has 0 radical (unpaired) electrons. The number of allylic oxidation sites excluding steroid dienone is 1. The molecule has 4 rings (SSSR count). The molecule has 218 valence electrons. The fraction of sp³-hybridized carbons (Fsp3) is 0.200. The van der Waals surface area contributed by atoms with Gasteiger partial charge in [0.05, 0.1) is 24.4 Å². The summed E-state index contributed by atoms with van der Waals surface area (Å²) < 4.78 is 17.0. The van der Waals surface area contributed by atoms with E-state index in [1.807, 2.05) is 12.1 Å². The van der Waals surface area contributed by atoms with Gasteiger partial charge in [0, 0.05) is 32.4 Å². The average Bonchev–Trinajstić information content (AvgIpc) is 2.96. The Labute approximate surface area is 258 Å². The quantitative estimate of drug-likeness (QED) is 0.111. The number of carbonyl (C=O) groups excluding carboxylic acids is 2. The van der Waals surface area contributed by atoms with Crippen molar-refractivity contribution in [2.24, 2.45) is 5.10 Å². The molecule has 0 saturated carbocycles. The summed E-state index contributed by atoms with van der Waals surface area (Å²) in [5.74, 6) is -0.0173. The molecule has 12 heteroatoms. The molecule has 1 aliphatic rings. The number of rotatable bonds is 11. The summed E-state index contributed by atoms with van der Waals surface area (Å²) in [4.78, 5) is 25.3. The third-order valence-corrected chi connectivity index (χ3v) is 6.87. The molecule has 42 heavy (non-hydrogen) atoms. The van der Waals surface area contributed by atoms with Crippen LogP contribution in [0.5, 0.6) is 11.5 Å². The van der Waals surface area contributed by atoms with Gasteiger partial charge in [0.2, 0.25) is 0 Å². The Hall–Kier alpha value is -4.12. The topological polar surface area (TPSA) is 110 Å². The van der Waals surface area contributed by atoms with Gasteiger partial charge in [-0.15, -0.1) is 0 Å². The Balaban J connectivity index is 1.39. The van der Waals surface area contributed by atoms with Gasteiger partial charge < -0.3 is 24.8 Å². The highest BCUT2D eigenvalue weighted by atomic mass is 35.5. The highest BCUT2D eigenvalue weighted by Gasteiger charge is 2.32. The van der Waals surface area contributed by atoms with Gasteiger partial charge in [0.25, 0.3) is 5.91 Å². The maximum absolute atomic E-state index is 12.7. The average molecular weight is 628 g/mol. The normalized spacial score (nSPS) is 14.7. The highest BCUT2D eigenvalue weighted by Crippen LogP contribution is 2.33. The number of hydrazone groups is 1. The van der Waals surface area contributed by atoms with Crippen molar-refractivity contribution < 1.29 is 23.8 Å². The molecule has 3 aromatic rings. The van der Waals surface area contributed by atoms with E-state index in [0.717, 1.165) is 5.56 Å². The number of hydrogen-bond acceptors (Lipinski definition) is 7. The molecule has 0 aliphatic carbocycles. The molecule has 0 aromatic heterocycles. The van der Waals surface area contributed by atoms with Crippen molar-refractivity contribution in [1.29, 1.82) is 0 Å². The third kappa shape index (κ3) is 8.00. The molecule has 0 saturated heterocycles. The number of ether oxygens (including phenoxy) is 3. The van der Waals surface area contributed by atoms with E-state index in [-0.39, 0.29) is 19.8 Å². The van der Waals surface area contributed by atoms with Gasteiger partial charge in [-0.05, 0) is 56.4 Å². The number of hydrogen-bond donors (Lipinski definition) is 3. The van der Waals surface area contributed by atoms with Gasteiger partial charge in [-0.3, -0.25) is 4.79 Å². The number of para-hydroxylation sites is 2. The van der Waals surface area contributed by atoms with Crippen LogP contribution in [0.15, 0.2) is 83.1 Å². The van der Waals surface area contributed by atoms with Crippen LogP contribution in [0.3, 0.4) is 0 Å². The van der Waals surface area contributed by atoms with Crippen LogP contribution in [-0.4, -0.2) is 36.4 Å². The fourth-order valence-corrected chi connectivity index (χ4v) is 4.85. The van der Waals surface area contributed by atoms with Crippen LogP contribution in [0.2, 0.25) is 10.0 Å². The Bertz CT molecular complexity index is 1550. The number of benzene rings is 3. The molecule has 1 amide bonds. The standard InChI is InChI=1S/C30H28Cl2N4O5S/c1-3-39-29(38)27-18(2)34-30(42)35-28(27)22-9-5-7-11-25(22)41-17-26(37)36-33-15-19-8-4-6-10-24(19)40-16-20-12-13-21(31)14-23(20)32/h4-15,28H,3,16-17H2,1-2H3,(H,36,37)(H2,34,35,42)/t28-/m0/s1. The molecule has 1 heterocycles. The largest absolute Gasteiger partial charge is 0.488 e. The van der Waals surface area contributed by atoms with Crippen molar-refractivity contribution in [2.45, 2.75) is 26.5 Å². The molecule has 3 aromatic carbocycles. The number of carbonyl (C=O) groups is 2. The minimum atomic E-state index is -0.630. The number of thiocarbonyl (C=S) groups is 1. The summed E-state index contributed by atoms with van der Waals surface area (Å²) in [7, 11) is 0. The van der Waals surface area contributed by atoms with Gasteiger partial charge in [0.1, 0.15) is 18.1 Å². The van der Waals surface area contributed by atoms with E-state index in [0.29, 0.717) is 49.1 Å². The predicted octanol–water partition coefficient (Wildman–Crippen LogP) is 5.46. The zero-order valence-corrected chi connectivity index (χ0v) is 25.1. The molecule has 0 fully saturated rings. The Morgan fingerprint density at radius 3 is 2.55 bits per heavy atom. The van der Waals surface area contributed by atoms with Crippen molar-refractivity contribution in [3.05, 3.63) is 105 Å². The summed E-state index contributed by atoms with van der Waals surface area (Å²) in [5.41, 5.74) is 5.45. The molecule has 0 unspecified atom stereocenters. The second-order valence-electron chi connectivity index (χ2n) is 8.97. The fourth-order valence-electron chi connectivity index (χ4n) is 4.12. The molecular formula is C30H28Cl2N4O5S. The van der Waals surface area contributed by atoms with Crippen molar-refractivity contribution >= 4 is 58.6 Å². The Kier molecular flexibility index (Phi) is 10.8. The lowest BCUT2D eigenvalue weighted by Gasteiger charge is -2.30. The SMILES string of the molecule is CCOC(=O)C1=C(C)NC(=S)N[C@H]1c1ccccc1OCC(=O)NN=Cc1ccccc1OCc1ccc(Cl)cc1Cl. The van der Waals surface area contributed by atoms with Gasteiger partial charge in [-0.25, -0.2) is 10.2 Å². The van der Waals surface area contributed by atoms with Crippen molar-refractivity contribution in [3.63, 3.8) is 0 Å². The van der Waals surface area contributed by atoms with E-state index in [4.69, 9.17) is 49.6 Å². The van der Waals surface area contributed by atoms with Crippen molar-refractivity contribution in [2.75, 3.05) is 13.2 Å². The van der Waals surface area contributed by atoms with Crippen LogP contribution in [0.1, 0.15) is 36.6 Å². The number of nitrogens with zero attached hydrogens (tertiary/aromatic N) is 1. The van der Waals surface area contributed by atoms with Crippen LogP contribution in [0, 0.1) is 0 Å². The number of nitrogens with one attached hydrogen (secondary N) is 3. The first-order chi connectivity index (χ1) is 20.3. The van der Waals surface area contributed by atoms with Crippen LogP contribution < -0.4 is 25.5 Å². The summed E-state index contributed by atoms with van der Waals surface area (Å²) in [6.07, 6.45) is 1.48. The monoisotopic (exact) mass is 626 g/mol. The van der Waals surface area contributed by atoms with Gasteiger partial charge in [-0.2, -0.15) is 5.10 Å². The zero-order chi connectivity index (χ0) is 30.1. The Morgan fingerprint density at radius 1 is 1.05 bits per heavy atom. The molecule has 0 bridgehead atoms. The first-order valence-electron chi connectivity index (χ1n) is 12.9. The van der Waals surface area contributed by atoms with Gasteiger partial charge >= 0.3 is 5.97 Å². The lowest BCUT2D eigenvalue weighted by Crippen LogP contribution is -2.45. The molecule has 1 aliphatic heterocycles. The minimum absolute atomic E-state index is 0.221. The number of halogens is 2. The predicted molar refractivity (Wildman–Crippen MR) is 166 cm³/mol. The summed E-state index contributed by atoms with van der Waals surface area (Å²) in [5, 5.41) is 11.5. The van der Waals surface area contributed by atoms with E-state index >= 15 is 0 Å². The lowest BCUT2D eigenvalue weighted by atomic mass is 9.95. The van der Waals surface area contributed by atoms with Crippen LogP contribution >= 0.6 is 35.4 Å². The maximum atomic E-state index is 12.7. The summed E-state index contributed by atoms with van der Waals surface area (Å²) >= 11 is 17.5. The number of esters is 1. The maximum Gasteiger partial charge on any atom is 0.338 e. The minimum Gasteiger partial charge on any atom is -0.488 e. The third-order valence-electron chi connectivity index (χ3n) is 6.06. The Morgan fingerprint density at radius 2 is 1.79 bits per heavy atom. The van der Waals surface area contributed by atoms with Crippen LogP contribution in [-0.2, 0) is 20.9 Å². The molecule has 9 nitrogen and oxygen atoms in total. The second kappa shape index (κ2) is 14.7. The highest BCUT2D eigenvalue weighted by molar-refractivity contribution is 7.80. The van der Waals surface area contributed by atoms with E-state index in [1.165, 1.54) is 6.21 Å². The molecule has 3 N–H and O–H groups in total. The summed E-state index contributed by atoms with van der Waals surface area (Å²) in [6.45, 7) is 3.60. The second-order valence-corrected chi connectivity index (χ2v) is 10.2. The van der Waals surface area contributed by atoms with Crippen LogP contribution in [0.4, 0.5) is 0 Å². The molecule has 0 spiro atoms. The van der Waals surface area contributed by atoms with E-state index in [2.05, 4.69) is 21.2 Å². The zero-order valence-electron chi connectivity index (χ0n) is 22.8. The van der Waals surface area contributed by atoms with Gasteiger partial charge in [-0.1, -0.05) is 59.6 Å². The van der Waals surface area contributed by atoms with Crippen molar-refractivity contribution in [1.82, 2.24) is 16.1 Å². The van der Waals surface area contributed by atoms with Crippen molar-refractivity contribution in [3.8, 4) is 11.5 Å². The van der Waals surface area contributed by atoms with Gasteiger partial charge in [0.15, 0.2) is 11.7 Å². The smallest absolute Gasteiger partial charge is 0.338 e. The summed E-state index contributed by atoms with van der Waals surface area (Å²) in [6, 6.07) is 18.9. The van der Waals surface area contributed by atoms with E-state index in [9.17, 15) is 9.59 Å². The number of amides is 1. The first kappa shape index (κ1) is 30.8. The molecule has 1 atom stereocenters. The van der Waals surface area contributed by atoms with Crippen LogP contribution in [0.25, 0.3) is 0 Å².